The number of para-hydroxylation sites is 2. The van der Waals surface area contributed by atoms with Crippen LogP contribution in [0.2, 0.25) is 0 Å². The highest BCUT2D eigenvalue weighted by atomic mass is 16.2. The molecule has 28 heavy (non-hydrogen) atoms. The number of nitrogens with one attached hydrogen (secondary N) is 1. The second-order valence-corrected chi connectivity index (χ2v) is 6.72. The summed E-state index contributed by atoms with van der Waals surface area (Å²) in [6.07, 6.45) is 4.18. The molecule has 0 saturated heterocycles. The number of pyridine rings is 2. The molecule has 4 rings (SSSR count). The standard InChI is InChI=1S/C22H21N5O/c1-16(14-17-8-4-6-12-23-17)25-21(28)15-27-20-11-3-2-9-18(20)26-22(27)19-10-5-7-13-24-19/h2-13,16H,14-15H2,1H3,(H,25,28)/t16-/m1/s1. The molecule has 0 bridgehead atoms. The van der Waals surface area contributed by atoms with Crippen LogP contribution in [0.15, 0.2) is 73.1 Å². The summed E-state index contributed by atoms with van der Waals surface area (Å²) in [6, 6.07) is 19.3. The lowest BCUT2D eigenvalue weighted by molar-refractivity contribution is -0.122. The first-order valence-corrected chi connectivity index (χ1v) is 9.26. The van der Waals surface area contributed by atoms with Gasteiger partial charge in [0, 0.05) is 30.6 Å². The smallest absolute Gasteiger partial charge is 0.240 e. The normalized spacial score (nSPS) is 12.0. The number of amides is 1. The number of hydrogen-bond donors (Lipinski definition) is 1. The van der Waals surface area contributed by atoms with Crippen LogP contribution in [0.1, 0.15) is 12.6 Å². The fourth-order valence-electron chi connectivity index (χ4n) is 3.27. The molecule has 3 heterocycles. The van der Waals surface area contributed by atoms with Crippen molar-refractivity contribution in [3.63, 3.8) is 0 Å². The largest absolute Gasteiger partial charge is 0.352 e. The maximum absolute atomic E-state index is 12.7. The topological polar surface area (TPSA) is 72.7 Å². The molecule has 3 aromatic heterocycles. The van der Waals surface area contributed by atoms with Crippen LogP contribution >= 0.6 is 0 Å². The van der Waals surface area contributed by atoms with E-state index in [2.05, 4.69) is 15.3 Å². The van der Waals surface area contributed by atoms with Crippen LogP contribution in [0.5, 0.6) is 0 Å². The van der Waals surface area contributed by atoms with Crippen LogP contribution in [-0.4, -0.2) is 31.5 Å². The molecule has 0 saturated carbocycles. The van der Waals surface area contributed by atoms with Gasteiger partial charge in [-0.1, -0.05) is 24.3 Å². The Morgan fingerprint density at radius 2 is 1.75 bits per heavy atom. The van der Waals surface area contributed by atoms with E-state index in [4.69, 9.17) is 4.98 Å². The zero-order valence-electron chi connectivity index (χ0n) is 15.6. The molecule has 4 aromatic rings. The lowest BCUT2D eigenvalue weighted by Crippen LogP contribution is -2.36. The molecule has 0 spiro atoms. The van der Waals surface area contributed by atoms with E-state index in [0.717, 1.165) is 22.4 Å². The molecule has 1 aromatic carbocycles. The number of nitrogens with zero attached hydrogens (tertiary/aromatic N) is 4. The molecule has 0 aliphatic carbocycles. The molecule has 6 nitrogen and oxygen atoms in total. The minimum absolute atomic E-state index is 0.0181. The van der Waals surface area contributed by atoms with Crippen molar-refractivity contribution in [3.8, 4) is 11.5 Å². The van der Waals surface area contributed by atoms with Gasteiger partial charge in [0.15, 0.2) is 5.82 Å². The van der Waals surface area contributed by atoms with Gasteiger partial charge in [0.2, 0.25) is 5.91 Å². The molecule has 1 amide bonds. The van der Waals surface area contributed by atoms with Crippen LogP contribution in [0.4, 0.5) is 0 Å². The number of imidazole rings is 1. The highest BCUT2D eigenvalue weighted by Crippen LogP contribution is 2.23. The van der Waals surface area contributed by atoms with E-state index in [-0.39, 0.29) is 18.5 Å². The molecule has 0 unspecified atom stereocenters. The lowest BCUT2D eigenvalue weighted by atomic mass is 10.1. The minimum Gasteiger partial charge on any atom is -0.352 e. The molecule has 0 fully saturated rings. The number of aromatic nitrogens is 4. The summed E-state index contributed by atoms with van der Waals surface area (Å²) in [4.78, 5) is 26.2. The lowest BCUT2D eigenvalue weighted by Gasteiger charge is -2.15. The summed E-state index contributed by atoms with van der Waals surface area (Å²) in [5.41, 5.74) is 3.46. The van der Waals surface area contributed by atoms with Gasteiger partial charge in [-0.05, 0) is 43.3 Å². The van der Waals surface area contributed by atoms with E-state index in [1.54, 1.807) is 12.4 Å². The second kappa shape index (κ2) is 8.00. The van der Waals surface area contributed by atoms with E-state index in [9.17, 15) is 4.79 Å². The molecule has 140 valence electrons. The second-order valence-electron chi connectivity index (χ2n) is 6.72. The first kappa shape index (κ1) is 17.9. The summed E-state index contributed by atoms with van der Waals surface area (Å²) in [5, 5.41) is 3.06. The summed E-state index contributed by atoms with van der Waals surface area (Å²) in [5.74, 6) is 0.623. The van der Waals surface area contributed by atoms with Gasteiger partial charge in [0.05, 0.1) is 11.0 Å². The summed E-state index contributed by atoms with van der Waals surface area (Å²) < 4.78 is 1.92. The number of carbonyl (C=O) groups is 1. The van der Waals surface area contributed by atoms with Gasteiger partial charge < -0.3 is 9.88 Å². The molecule has 0 aliphatic heterocycles. The predicted octanol–water partition coefficient (Wildman–Crippen LogP) is 3.24. The van der Waals surface area contributed by atoms with Gasteiger partial charge in [0.25, 0.3) is 0 Å². The summed E-state index contributed by atoms with van der Waals surface area (Å²) in [7, 11) is 0. The highest BCUT2D eigenvalue weighted by Gasteiger charge is 2.17. The van der Waals surface area contributed by atoms with E-state index >= 15 is 0 Å². The van der Waals surface area contributed by atoms with Crippen molar-refractivity contribution >= 4 is 16.9 Å². The first-order valence-electron chi connectivity index (χ1n) is 9.26. The SMILES string of the molecule is C[C@H](Cc1ccccn1)NC(=O)Cn1c(-c2ccccn2)nc2ccccc21. The van der Waals surface area contributed by atoms with Crippen molar-refractivity contribution < 1.29 is 4.79 Å². The van der Waals surface area contributed by atoms with Crippen molar-refractivity contribution in [1.82, 2.24) is 24.8 Å². The van der Waals surface area contributed by atoms with E-state index in [0.29, 0.717) is 12.2 Å². The summed E-state index contributed by atoms with van der Waals surface area (Å²) >= 11 is 0. The van der Waals surface area contributed by atoms with Crippen molar-refractivity contribution in [2.45, 2.75) is 25.9 Å². The fraction of sp³-hybridized carbons (Fsp3) is 0.182. The Hall–Kier alpha value is -3.54. The van der Waals surface area contributed by atoms with E-state index in [1.807, 2.05) is 72.2 Å². The number of hydrogen-bond acceptors (Lipinski definition) is 4. The van der Waals surface area contributed by atoms with Gasteiger partial charge in [-0.15, -0.1) is 0 Å². The number of rotatable bonds is 6. The quantitative estimate of drug-likeness (QED) is 0.565. The Morgan fingerprint density at radius 3 is 2.50 bits per heavy atom. The van der Waals surface area contributed by atoms with Gasteiger partial charge in [0.1, 0.15) is 12.2 Å². The van der Waals surface area contributed by atoms with Crippen molar-refractivity contribution in [1.29, 1.82) is 0 Å². The molecular weight excluding hydrogens is 350 g/mol. The Balaban J connectivity index is 1.56. The maximum atomic E-state index is 12.7. The van der Waals surface area contributed by atoms with Crippen LogP contribution < -0.4 is 5.32 Å². The van der Waals surface area contributed by atoms with Crippen LogP contribution in [0.3, 0.4) is 0 Å². The Kier molecular flexibility index (Phi) is 5.10. The van der Waals surface area contributed by atoms with E-state index < -0.39 is 0 Å². The fourth-order valence-corrected chi connectivity index (χ4v) is 3.27. The number of fused-ring (bicyclic) bond motifs is 1. The molecule has 6 heteroatoms. The van der Waals surface area contributed by atoms with Gasteiger partial charge in [-0.25, -0.2) is 4.98 Å². The molecule has 1 N–H and O–H groups in total. The average Bonchev–Trinajstić information content (AvgIpc) is 3.08. The molecular formula is C22H21N5O. The summed E-state index contributed by atoms with van der Waals surface area (Å²) in [6.45, 7) is 2.16. The number of benzene rings is 1. The molecule has 0 radical (unpaired) electrons. The Bertz CT molecular complexity index is 1080. The van der Waals surface area contributed by atoms with Gasteiger partial charge in [-0.2, -0.15) is 0 Å². The average molecular weight is 371 g/mol. The zero-order chi connectivity index (χ0) is 19.3. The van der Waals surface area contributed by atoms with Crippen LogP contribution in [-0.2, 0) is 17.8 Å². The van der Waals surface area contributed by atoms with Gasteiger partial charge >= 0.3 is 0 Å². The Morgan fingerprint density at radius 1 is 1.00 bits per heavy atom. The van der Waals surface area contributed by atoms with Crippen molar-refractivity contribution in [3.05, 3.63) is 78.8 Å². The Labute approximate surface area is 163 Å². The first-order chi connectivity index (χ1) is 13.7. The monoisotopic (exact) mass is 371 g/mol. The van der Waals surface area contributed by atoms with Crippen LogP contribution in [0.25, 0.3) is 22.6 Å². The van der Waals surface area contributed by atoms with Crippen LogP contribution in [0, 0.1) is 0 Å². The van der Waals surface area contributed by atoms with Crippen molar-refractivity contribution in [2.75, 3.05) is 0 Å². The van der Waals surface area contributed by atoms with Gasteiger partial charge in [-0.3, -0.25) is 14.8 Å². The molecule has 0 aliphatic rings. The molecule has 1 atom stereocenters. The third-order valence-corrected chi connectivity index (χ3v) is 4.50. The number of carbonyl (C=O) groups excluding carboxylic acids is 1. The predicted molar refractivity (Wildman–Crippen MR) is 109 cm³/mol. The minimum atomic E-state index is -0.0660. The third-order valence-electron chi connectivity index (χ3n) is 4.50. The maximum Gasteiger partial charge on any atom is 0.240 e. The van der Waals surface area contributed by atoms with E-state index in [1.165, 1.54) is 0 Å². The third kappa shape index (κ3) is 3.91. The zero-order valence-corrected chi connectivity index (χ0v) is 15.6. The highest BCUT2D eigenvalue weighted by molar-refractivity contribution is 5.84. The van der Waals surface area contributed by atoms with Crippen molar-refractivity contribution in [2.24, 2.45) is 0 Å².